The summed E-state index contributed by atoms with van der Waals surface area (Å²) in [6, 6.07) is 9.36. The third kappa shape index (κ3) is 3.97. The number of nitrogens with two attached hydrogens (primary N) is 1. The number of benzene rings is 1. The normalized spacial score (nSPS) is 23.0. The van der Waals surface area contributed by atoms with E-state index in [1.165, 1.54) is 0 Å². The van der Waals surface area contributed by atoms with Crippen molar-refractivity contribution >= 4 is 5.91 Å². The van der Waals surface area contributed by atoms with E-state index in [-0.39, 0.29) is 17.7 Å². The molecule has 2 saturated heterocycles. The van der Waals surface area contributed by atoms with E-state index in [9.17, 15) is 9.90 Å². The quantitative estimate of drug-likeness (QED) is 0.880. The summed E-state index contributed by atoms with van der Waals surface area (Å²) in [4.78, 5) is 14.5. The second-order valence-electron chi connectivity index (χ2n) is 6.99. The van der Waals surface area contributed by atoms with Crippen LogP contribution in [0.2, 0.25) is 0 Å². The van der Waals surface area contributed by atoms with Crippen LogP contribution >= 0.6 is 0 Å². The van der Waals surface area contributed by atoms with E-state index >= 15 is 0 Å². The van der Waals surface area contributed by atoms with Gasteiger partial charge in [-0.25, -0.2) is 0 Å². The number of aliphatic hydroxyl groups excluding tert-OH is 1. The number of hydrogen-bond donors (Lipinski definition) is 2. The van der Waals surface area contributed by atoms with Gasteiger partial charge in [-0.1, -0.05) is 30.3 Å². The van der Waals surface area contributed by atoms with Crippen molar-refractivity contribution in [1.82, 2.24) is 4.90 Å². The van der Waals surface area contributed by atoms with Gasteiger partial charge in [0.1, 0.15) is 0 Å². The SMILES string of the molecule is NC(C(=O)N1CCC(C(O)c2ccccc2)CC1)C1CCOCC1. The van der Waals surface area contributed by atoms with Crippen LogP contribution < -0.4 is 5.73 Å². The highest BCUT2D eigenvalue weighted by Crippen LogP contribution is 2.31. The summed E-state index contributed by atoms with van der Waals surface area (Å²) in [5, 5.41) is 10.5. The summed E-state index contributed by atoms with van der Waals surface area (Å²) in [6.07, 6.45) is 2.93. The Labute approximate surface area is 143 Å². The Balaban J connectivity index is 1.51. The maximum Gasteiger partial charge on any atom is 0.239 e. The molecular weight excluding hydrogens is 304 g/mol. The van der Waals surface area contributed by atoms with Crippen molar-refractivity contribution in [3.05, 3.63) is 35.9 Å². The molecule has 2 aliphatic rings. The standard InChI is InChI=1S/C19H28N2O3/c20-17(14-8-12-24-13-9-14)19(23)21-10-6-16(7-11-21)18(22)15-4-2-1-3-5-15/h1-5,14,16-18,22H,6-13,20H2. The van der Waals surface area contributed by atoms with E-state index in [0.717, 1.165) is 31.2 Å². The van der Waals surface area contributed by atoms with Gasteiger partial charge in [0, 0.05) is 26.3 Å². The van der Waals surface area contributed by atoms with Gasteiger partial charge < -0.3 is 20.5 Å². The second-order valence-corrected chi connectivity index (χ2v) is 6.99. The molecule has 5 heteroatoms. The van der Waals surface area contributed by atoms with Crippen LogP contribution in [0.5, 0.6) is 0 Å². The first-order valence-electron chi connectivity index (χ1n) is 9.02. The number of ether oxygens (including phenoxy) is 1. The Kier molecular flexibility index (Phi) is 5.87. The van der Waals surface area contributed by atoms with E-state index < -0.39 is 12.1 Å². The Hall–Kier alpha value is -1.43. The van der Waals surface area contributed by atoms with E-state index in [1.54, 1.807) is 0 Å². The van der Waals surface area contributed by atoms with Gasteiger partial charge in [0.2, 0.25) is 5.91 Å². The maximum atomic E-state index is 12.6. The van der Waals surface area contributed by atoms with Crippen molar-refractivity contribution < 1.29 is 14.6 Å². The van der Waals surface area contributed by atoms with Crippen LogP contribution in [-0.4, -0.2) is 48.3 Å². The zero-order valence-corrected chi connectivity index (χ0v) is 14.1. The van der Waals surface area contributed by atoms with Crippen LogP contribution in [0.25, 0.3) is 0 Å². The Bertz CT molecular complexity index is 523. The molecule has 0 aliphatic carbocycles. The van der Waals surface area contributed by atoms with Crippen molar-refractivity contribution in [2.75, 3.05) is 26.3 Å². The zero-order valence-electron chi connectivity index (χ0n) is 14.1. The highest BCUT2D eigenvalue weighted by atomic mass is 16.5. The number of rotatable bonds is 4. The molecule has 0 bridgehead atoms. The predicted octanol–water partition coefficient (Wildman–Crippen LogP) is 1.71. The molecule has 0 saturated carbocycles. The minimum atomic E-state index is -0.451. The summed E-state index contributed by atoms with van der Waals surface area (Å²) < 4.78 is 5.35. The van der Waals surface area contributed by atoms with Gasteiger partial charge in [-0.3, -0.25) is 4.79 Å². The number of nitrogens with zero attached hydrogens (tertiary/aromatic N) is 1. The van der Waals surface area contributed by atoms with Crippen molar-refractivity contribution in [2.45, 2.75) is 37.8 Å². The lowest BCUT2D eigenvalue weighted by Crippen LogP contribution is -2.51. The number of amides is 1. The lowest BCUT2D eigenvalue weighted by Gasteiger charge is -2.37. The van der Waals surface area contributed by atoms with E-state index in [4.69, 9.17) is 10.5 Å². The third-order valence-electron chi connectivity index (χ3n) is 5.50. The molecule has 5 nitrogen and oxygen atoms in total. The van der Waals surface area contributed by atoms with Gasteiger partial charge in [0.15, 0.2) is 0 Å². The summed E-state index contributed by atoms with van der Waals surface area (Å²) >= 11 is 0. The molecule has 1 amide bonds. The molecular formula is C19H28N2O3. The van der Waals surface area contributed by atoms with Crippen LogP contribution in [0.3, 0.4) is 0 Å². The minimum Gasteiger partial charge on any atom is -0.388 e. The van der Waals surface area contributed by atoms with Gasteiger partial charge in [-0.15, -0.1) is 0 Å². The molecule has 132 valence electrons. The lowest BCUT2D eigenvalue weighted by molar-refractivity contribution is -0.136. The smallest absolute Gasteiger partial charge is 0.239 e. The van der Waals surface area contributed by atoms with Crippen molar-refractivity contribution in [3.8, 4) is 0 Å². The van der Waals surface area contributed by atoms with Crippen LogP contribution in [0.15, 0.2) is 30.3 Å². The van der Waals surface area contributed by atoms with Crippen molar-refractivity contribution in [1.29, 1.82) is 0 Å². The van der Waals surface area contributed by atoms with Crippen molar-refractivity contribution in [3.63, 3.8) is 0 Å². The van der Waals surface area contributed by atoms with Crippen molar-refractivity contribution in [2.24, 2.45) is 17.6 Å². The topological polar surface area (TPSA) is 75.8 Å². The molecule has 2 atom stereocenters. The number of likely N-dealkylation sites (tertiary alicyclic amines) is 1. The van der Waals surface area contributed by atoms with E-state index in [2.05, 4.69) is 0 Å². The number of piperidine rings is 1. The largest absolute Gasteiger partial charge is 0.388 e. The number of carbonyl (C=O) groups excluding carboxylic acids is 1. The molecule has 3 rings (SSSR count). The van der Waals surface area contributed by atoms with E-state index in [0.29, 0.717) is 26.3 Å². The molecule has 2 fully saturated rings. The highest BCUT2D eigenvalue weighted by molar-refractivity contribution is 5.82. The maximum absolute atomic E-state index is 12.6. The molecule has 0 aromatic heterocycles. The van der Waals surface area contributed by atoms with Gasteiger partial charge in [0.25, 0.3) is 0 Å². The zero-order chi connectivity index (χ0) is 16.9. The first-order valence-corrected chi connectivity index (χ1v) is 9.02. The fraction of sp³-hybridized carbons (Fsp3) is 0.632. The van der Waals surface area contributed by atoms with Crippen LogP contribution in [0.4, 0.5) is 0 Å². The molecule has 3 N–H and O–H groups in total. The first kappa shape index (κ1) is 17.4. The molecule has 1 aromatic carbocycles. The third-order valence-corrected chi connectivity index (χ3v) is 5.50. The number of hydrogen-bond acceptors (Lipinski definition) is 4. The molecule has 24 heavy (non-hydrogen) atoms. The van der Waals surface area contributed by atoms with Gasteiger partial charge in [0.05, 0.1) is 12.1 Å². The predicted molar refractivity (Wildman–Crippen MR) is 92.2 cm³/mol. The summed E-state index contributed by atoms with van der Waals surface area (Å²) in [7, 11) is 0. The van der Waals surface area contributed by atoms with Gasteiger partial charge >= 0.3 is 0 Å². The van der Waals surface area contributed by atoms with Crippen LogP contribution in [-0.2, 0) is 9.53 Å². The van der Waals surface area contributed by atoms with Gasteiger partial charge in [-0.05, 0) is 43.1 Å². The van der Waals surface area contributed by atoms with Crippen LogP contribution in [0, 0.1) is 11.8 Å². The Morgan fingerprint density at radius 1 is 1.08 bits per heavy atom. The monoisotopic (exact) mass is 332 g/mol. The molecule has 0 spiro atoms. The minimum absolute atomic E-state index is 0.0644. The molecule has 1 aromatic rings. The summed E-state index contributed by atoms with van der Waals surface area (Å²) in [5.74, 6) is 0.504. The molecule has 2 unspecified atom stereocenters. The number of carbonyl (C=O) groups is 1. The second kappa shape index (κ2) is 8.10. The number of aliphatic hydroxyl groups is 1. The highest BCUT2D eigenvalue weighted by Gasteiger charge is 2.33. The summed E-state index contributed by atoms with van der Waals surface area (Å²) in [6.45, 7) is 2.78. The fourth-order valence-corrected chi connectivity index (χ4v) is 3.85. The fourth-order valence-electron chi connectivity index (χ4n) is 3.85. The first-order chi connectivity index (χ1) is 11.7. The Morgan fingerprint density at radius 3 is 2.33 bits per heavy atom. The van der Waals surface area contributed by atoms with Crippen LogP contribution in [0.1, 0.15) is 37.4 Å². The average molecular weight is 332 g/mol. The summed E-state index contributed by atoms with van der Waals surface area (Å²) in [5.41, 5.74) is 7.17. The molecule has 0 radical (unpaired) electrons. The lowest BCUT2D eigenvalue weighted by atomic mass is 9.86. The average Bonchev–Trinajstić information content (AvgIpc) is 2.68. The Morgan fingerprint density at radius 2 is 1.71 bits per heavy atom. The van der Waals surface area contributed by atoms with E-state index in [1.807, 2.05) is 35.2 Å². The molecule has 2 aliphatic heterocycles. The van der Waals surface area contributed by atoms with Gasteiger partial charge in [-0.2, -0.15) is 0 Å². The molecule has 2 heterocycles.